The van der Waals surface area contributed by atoms with Crippen molar-refractivity contribution in [3.63, 3.8) is 0 Å². The molecule has 0 saturated heterocycles. The van der Waals surface area contributed by atoms with E-state index in [1.165, 1.54) is 0 Å². The van der Waals surface area contributed by atoms with Crippen LogP contribution in [0.15, 0.2) is 109 Å². The Morgan fingerprint density at radius 2 is 0.370 bits per heavy atom. The molecular formula is C76H96O24. The zero-order chi connectivity index (χ0) is 68.5. The summed E-state index contributed by atoms with van der Waals surface area (Å²) in [5, 5.41) is 0. The monoisotopic (exact) mass is 1390 g/mol. The molecule has 6 aromatic rings. The Kier molecular flexibility index (Phi) is 29.6. The van der Waals surface area contributed by atoms with Gasteiger partial charge in [-0.25, -0.2) is 0 Å². The number of para-hydroxylation sites is 6. The van der Waals surface area contributed by atoms with Crippen LogP contribution < -0.4 is 56.8 Å². The summed E-state index contributed by atoms with van der Waals surface area (Å²) in [6, 6.07) is 35.2. The van der Waals surface area contributed by atoms with Crippen LogP contribution in [0.25, 0.3) is 0 Å². The van der Waals surface area contributed by atoms with E-state index in [-0.39, 0.29) is 79.3 Å². The molecule has 0 amide bonds. The first-order chi connectivity index (χ1) is 49.5. The lowest BCUT2D eigenvalue weighted by Gasteiger charge is -2.55. The van der Waals surface area contributed by atoms with Crippen molar-refractivity contribution in [1.29, 1.82) is 0 Å². The molecule has 544 valence electrons. The van der Waals surface area contributed by atoms with Gasteiger partial charge in [-0.3, -0.25) is 0 Å². The van der Waals surface area contributed by atoms with Gasteiger partial charge in [-0.1, -0.05) is 42.5 Å². The summed E-state index contributed by atoms with van der Waals surface area (Å²) in [7, 11) is 0. The lowest BCUT2D eigenvalue weighted by atomic mass is 9.48. The molecule has 0 radical (unpaired) electrons. The third-order valence-electron chi connectivity index (χ3n) is 17.1. The Morgan fingerprint density at radius 1 is 0.180 bits per heavy atom. The van der Waals surface area contributed by atoms with Crippen LogP contribution in [0.4, 0.5) is 0 Å². The summed E-state index contributed by atoms with van der Waals surface area (Å²) < 4.78 is 149. The summed E-state index contributed by atoms with van der Waals surface area (Å²) in [5.74, 6) is 6.96. The molecule has 0 unspecified atom stereocenters. The molecule has 12 rings (SSSR count). The van der Waals surface area contributed by atoms with Crippen LogP contribution in [-0.4, -0.2) is 238 Å². The number of benzene rings is 6. The van der Waals surface area contributed by atoms with Gasteiger partial charge in [-0.05, 0) is 108 Å². The molecule has 0 saturated carbocycles. The SMILES string of the molecule is CC12c3cc4c(cc3C(C)(c3cc5c(cc31)OCCOCCOCCOc1ccccc1OCCOCCOCCO5)c1c2ccc2c1OCCOCCOCCOc1ccccc1OCCOCCOCCO2)OCCOCCOCCOc1ccccc1OCCOCCOCCO4. The topological polar surface area (TPSA) is 222 Å². The van der Waals surface area contributed by atoms with Gasteiger partial charge in [0.05, 0.1) is 159 Å². The third-order valence-corrected chi connectivity index (χ3v) is 17.1. The zero-order valence-electron chi connectivity index (χ0n) is 57.6. The minimum atomic E-state index is -1.00. The number of ether oxygens (including phenoxy) is 24. The highest BCUT2D eigenvalue weighted by molar-refractivity contribution is 5.81. The fourth-order valence-electron chi connectivity index (χ4n) is 12.3. The molecule has 24 nitrogen and oxygen atoms in total. The van der Waals surface area contributed by atoms with Gasteiger partial charge in [0, 0.05) is 16.4 Å². The largest absolute Gasteiger partial charge is 0.487 e. The van der Waals surface area contributed by atoms with Crippen LogP contribution >= 0.6 is 0 Å². The van der Waals surface area contributed by atoms with Gasteiger partial charge in [-0.15, -0.1) is 0 Å². The summed E-state index contributed by atoms with van der Waals surface area (Å²) in [6.07, 6.45) is 0. The first-order valence-corrected chi connectivity index (χ1v) is 34.8. The summed E-state index contributed by atoms with van der Waals surface area (Å²) in [4.78, 5) is 0. The molecule has 3 heterocycles. The second-order valence-electron chi connectivity index (χ2n) is 23.6. The van der Waals surface area contributed by atoms with Gasteiger partial charge in [0.25, 0.3) is 0 Å². The van der Waals surface area contributed by atoms with Crippen molar-refractivity contribution >= 4 is 0 Å². The van der Waals surface area contributed by atoms with Crippen molar-refractivity contribution in [1.82, 2.24) is 0 Å². The Balaban J connectivity index is 0.889. The predicted molar refractivity (Wildman–Crippen MR) is 366 cm³/mol. The van der Waals surface area contributed by atoms with Crippen LogP contribution in [0.1, 0.15) is 47.2 Å². The normalized spacial score (nSPS) is 22.0. The van der Waals surface area contributed by atoms with Gasteiger partial charge >= 0.3 is 0 Å². The Bertz CT molecular complexity index is 3210. The maximum Gasteiger partial charge on any atom is 0.166 e. The van der Waals surface area contributed by atoms with Gasteiger partial charge in [0.2, 0.25) is 0 Å². The van der Waals surface area contributed by atoms with Gasteiger partial charge < -0.3 is 114 Å². The highest BCUT2D eigenvalue weighted by Crippen LogP contribution is 2.67. The van der Waals surface area contributed by atoms with E-state index in [9.17, 15) is 0 Å². The Labute approximate surface area is 585 Å². The lowest BCUT2D eigenvalue weighted by Crippen LogP contribution is -2.48. The van der Waals surface area contributed by atoms with E-state index in [4.69, 9.17) is 114 Å². The second kappa shape index (κ2) is 40.2. The third kappa shape index (κ3) is 20.4. The van der Waals surface area contributed by atoms with Crippen LogP contribution in [-0.2, 0) is 67.7 Å². The summed E-state index contributed by atoms with van der Waals surface area (Å²) in [5.41, 5.74) is 3.84. The average Bonchev–Trinajstić information content (AvgIpc) is 0.658. The van der Waals surface area contributed by atoms with Crippen LogP contribution in [0, 0.1) is 0 Å². The molecule has 0 atom stereocenters. The molecule has 24 heteroatoms. The van der Waals surface area contributed by atoms with E-state index in [2.05, 4.69) is 44.2 Å². The molecule has 100 heavy (non-hydrogen) atoms. The molecule has 3 aliphatic carbocycles. The standard InChI is InChI=1S/C76H96O24/c1-75-57-15-16-68-74(100-52-40-88-28-27-82-34-46-94-67-14-8-7-13-66(67)89-41-29-77-17-22-83-35-47-95-68)73(57)76(2,60-55-71-69(53-58(60)75)96-48-36-84-23-18-78-30-42-90-62-9-3-5-11-64(62)92-44-32-80-20-25-86-38-50-98-71)61-56-72-70(54-59(61)75)97-49-37-85-24-19-79-31-43-91-63-10-4-6-12-65(63)93-45-33-81-21-26-87-39-51-99-72/h3-16,53-56H,17-52H2,1-2H3. The quantitative estimate of drug-likeness (QED) is 0.138. The first kappa shape index (κ1) is 73.7. The minimum absolute atomic E-state index is 0.182. The van der Waals surface area contributed by atoms with E-state index in [0.717, 1.165) is 33.4 Å². The zero-order valence-corrected chi connectivity index (χ0v) is 57.6. The lowest BCUT2D eigenvalue weighted by molar-refractivity contribution is 0.0221. The maximum atomic E-state index is 7.06. The van der Waals surface area contributed by atoms with Crippen molar-refractivity contribution in [3.8, 4) is 69.0 Å². The highest BCUT2D eigenvalue weighted by atomic mass is 16.6. The van der Waals surface area contributed by atoms with Crippen LogP contribution in [0.2, 0.25) is 0 Å². The Hall–Kier alpha value is -7.56. The van der Waals surface area contributed by atoms with Crippen molar-refractivity contribution in [3.05, 3.63) is 143 Å². The highest BCUT2D eigenvalue weighted by Gasteiger charge is 2.58. The second-order valence-corrected chi connectivity index (χ2v) is 23.6. The molecule has 2 bridgehead atoms. The summed E-state index contributed by atoms with van der Waals surface area (Å²) >= 11 is 0. The molecule has 0 N–H and O–H groups in total. The van der Waals surface area contributed by atoms with Crippen molar-refractivity contribution < 1.29 is 114 Å². The number of hydrogen-bond donors (Lipinski definition) is 0. The number of hydrogen-bond acceptors (Lipinski definition) is 24. The molecule has 6 aromatic carbocycles. The van der Waals surface area contributed by atoms with Gasteiger partial charge in [-0.2, -0.15) is 0 Å². The minimum Gasteiger partial charge on any atom is -0.487 e. The smallest absolute Gasteiger partial charge is 0.166 e. The van der Waals surface area contributed by atoms with E-state index < -0.39 is 10.8 Å². The van der Waals surface area contributed by atoms with Crippen molar-refractivity contribution in [2.24, 2.45) is 0 Å². The maximum absolute atomic E-state index is 7.06. The fourth-order valence-corrected chi connectivity index (χ4v) is 12.3. The molecular weight excluding hydrogens is 1300 g/mol. The van der Waals surface area contributed by atoms with E-state index in [1.54, 1.807) is 0 Å². The molecule has 0 aromatic heterocycles. The molecule has 6 aliphatic rings. The van der Waals surface area contributed by atoms with E-state index >= 15 is 0 Å². The average molecular weight is 1390 g/mol. The Morgan fingerprint density at radius 3 is 0.610 bits per heavy atom. The van der Waals surface area contributed by atoms with Crippen LogP contribution in [0.3, 0.4) is 0 Å². The van der Waals surface area contributed by atoms with Gasteiger partial charge in [0.15, 0.2) is 69.0 Å². The fraction of sp³-hybridized carbons (Fsp3) is 0.526. The van der Waals surface area contributed by atoms with E-state index in [0.29, 0.717) is 228 Å². The van der Waals surface area contributed by atoms with Gasteiger partial charge in [0.1, 0.15) is 79.3 Å². The molecule has 0 fully saturated rings. The molecule has 3 aliphatic heterocycles. The number of fused-ring (bicyclic) bond motifs is 6. The predicted octanol–water partition coefficient (Wildman–Crippen LogP) is 8.91. The first-order valence-electron chi connectivity index (χ1n) is 34.8. The molecule has 0 spiro atoms. The van der Waals surface area contributed by atoms with Crippen LogP contribution in [0.5, 0.6) is 69.0 Å². The number of rotatable bonds is 0. The van der Waals surface area contributed by atoms with Crippen molar-refractivity contribution in [2.45, 2.75) is 24.7 Å². The van der Waals surface area contributed by atoms with E-state index in [1.807, 2.05) is 78.9 Å². The summed E-state index contributed by atoms with van der Waals surface area (Å²) in [6.45, 7) is 15.7. The van der Waals surface area contributed by atoms with Crippen molar-refractivity contribution in [2.75, 3.05) is 238 Å².